The van der Waals surface area contributed by atoms with E-state index in [1.807, 2.05) is 4.72 Å². The number of benzene rings is 2. The molecule has 2 amide bonds. The molecule has 8 nitrogen and oxygen atoms in total. The summed E-state index contributed by atoms with van der Waals surface area (Å²) in [4.78, 5) is 9.03. The number of sulfone groups is 1. The highest BCUT2D eigenvalue weighted by Crippen LogP contribution is 2.36. The zero-order valence-corrected chi connectivity index (χ0v) is 17.2. The maximum Gasteiger partial charge on any atom is 0.417 e. The van der Waals surface area contributed by atoms with Crippen LogP contribution in [0.3, 0.4) is 0 Å². The predicted molar refractivity (Wildman–Crippen MR) is 101 cm³/mol. The van der Waals surface area contributed by atoms with Crippen LogP contribution in [-0.4, -0.2) is 43.0 Å². The van der Waals surface area contributed by atoms with Crippen molar-refractivity contribution in [1.29, 1.82) is 0 Å². The summed E-state index contributed by atoms with van der Waals surface area (Å²) in [5.41, 5.74) is -1.51. The lowest BCUT2D eigenvalue weighted by molar-refractivity contribution is -0.139. The number of urea groups is 1. The molecule has 0 spiro atoms. The first-order valence-electron chi connectivity index (χ1n) is 8.36. The van der Waals surface area contributed by atoms with E-state index in [0.717, 1.165) is 0 Å². The third-order valence-corrected chi connectivity index (χ3v) is 7.11. The van der Waals surface area contributed by atoms with Crippen molar-refractivity contribution in [2.24, 2.45) is 0 Å². The molecule has 0 saturated heterocycles. The van der Waals surface area contributed by atoms with Crippen LogP contribution in [0, 0.1) is 0 Å². The van der Waals surface area contributed by atoms with E-state index in [2.05, 4.69) is 10.6 Å². The van der Waals surface area contributed by atoms with Crippen LogP contribution in [0.15, 0.2) is 63.2 Å². The van der Waals surface area contributed by atoms with Crippen molar-refractivity contribution in [2.45, 2.75) is 20.9 Å². The molecule has 2 aromatic carbocycles. The van der Waals surface area contributed by atoms with Crippen LogP contribution in [-0.2, 0) is 26.0 Å². The average Bonchev–Trinajstić information content (AvgIpc) is 2.70. The van der Waals surface area contributed by atoms with Gasteiger partial charge in [0.15, 0.2) is 0 Å². The van der Waals surface area contributed by atoms with Crippen LogP contribution in [0.2, 0.25) is 0 Å². The highest BCUT2D eigenvalue weighted by molar-refractivity contribution is 7.91. The summed E-state index contributed by atoms with van der Waals surface area (Å²) in [5.74, 6) is 0. The maximum atomic E-state index is 13.4. The molecule has 0 aliphatic heterocycles. The number of nitrogens with one attached hydrogen (secondary N) is 3. The van der Waals surface area contributed by atoms with Crippen molar-refractivity contribution in [3.63, 3.8) is 0 Å². The number of halogens is 3. The van der Waals surface area contributed by atoms with Crippen molar-refractivity contribution in [3.8, 4) is 0 Å². The van der Waals surface area contributed by atoms with Crippen LogP contribution in [0.1, 0.15) is 5.56 Å². The average molecular weight is 465 g/mol. The number of rotatable bonds is 7. The Morgan fingerprint density at radius 1 is 0.933 bits per heavy atom. The summed E-state index contributed by atoms with van der Waals surface area (Å²) >= 11 is 0. The van der Waals surface area contributed by atoms with Gasteiger partial charge in [0.1, 0.15) is 0 Å². The summed E-state index contributed by atoms with van der Waals surface area (Å²) in [6.45, 7) is -0.620. The van der Waals surface area contributed by atoms with Crippen molar-refractivity contribution in [1.82, 2.24) is 15.4 Å². The molecule has 0 unspecified atom stereocenters. The predicted octanol–water partition coefficient (Wildman–Crippen LogP) is 1.75. The molecule has 164 valence electrons. The molecule has 0 saturated carbocycles. The fourth-order valence-electron chi connectivity index (χ4n) is 2.39. The Kier molecular flexibility index (Phi) is 7.10. The SMILES string of the molecule is CNC(=O)NCCNS(=O)(=O)c1cc(S(=O)(=O)c2ccccc2)ccc1C(F)(F)F. The Morgan fingerprint density at radius 3 is 2.13 bits per heavy atom. The van der Waals surface area contributed by atoms with Crippen LogP contribution in [0.5, 0.6) is 0 Å². The smallest absolute Gasteiger partial charge is 0.341 e. The zero-order valence-electron chi connectivity index (χ0n) is 15.5. The van der Waals surface area contributed by atoms with Crippen LogP contribution in [0.25, 0.3) is 0 Å². The van der Waals surface area contributed by atoms with E-state index in [1.165, 1.54) is 31.3 Å². The maximum absolute atomic E-state index is 13.4. The van der Waals surface area contributed by atoms with Crippen molar-refractivity contribution >= 4 is 25.9 Å². The summed E-state index contributed by atoms with van der Waals surface area (Å²) in [6, 6.07) is 7.86. The van der Waals surface area contributed by atoms with E-state index >= 15 is 0 Å². The van der Waals surface area contributed by atoms with Gasteiger partial charge in [0.2, 0.25) is 19.9 Å². The fourth-order valence-corrected chi connectivity index (χ4v) is 5.05. The van der Waals surface area contributed by atoms with E-state index in [9.17, 15) is 34.8 Å². The molecule has 2 rings (SSSR count). The molecule has 0 atom stereocenters. The van der Waals surface area contributed by atoms with E-state index in [-0.39, 0.29) is 11.4 Å². The molecule has 13 heteroatoms. The molecule has 0 bridgehead atoms. The minimum Gasteiger partial charge on any atom is -0.341 e. The lowest BCUT2D eigenvalue weighted by Gasteiger charge is -2.16. The van der Waals surface area contributed by atoms with Crippen molar-refractivity contribution in [2.75, 3.05) is 20.1 Å². The summed E-state index contributed by atoms with van der Waals surface area (Å²) in [6.07, 6.45) is -5.04. The van der Waals surface area contributed by atoms with Crippen LogP contribution >= 0.6 is 0 Å². The van der Waals surface area contributed by atoms with Gasteiger partial charge in [-0.25, -0.2) is 26.4 Å². The second kappa shape index (κ2) is 9.02. The van der Waals surface area contributed by atoms with E-state index in [0.29, 0.717) is 18.2 Å². The highest BCUT2D eigenvalue weighted by atomic mass is 32.2. The van der Waals surface area contributed by atoms with Gasteiger partial charge in [-0.1, -0.05) is 18.2 Å². The van der Waals surface area contributed by atoms with Gasteiger partial charge >= 0.3 is 12.2 Å². The van der Waals surface area contributed by atoms with Crippen molar-refractivity contribution < 1.29 is 34.8 Å². The number of alkyl halides is 3. The lowest BCUT2D eigenvalue weighted by atomic mass is 10.2. The molecule has 0 radical (unpaired) electrons. The first kappa shape index (κ1) is 23.6. The third kappa shape index (κ3) is 5.49. The molecule has 0 fully saturated rings. The second-order valence-corrected chi connectivity index (χ2v) is 9.56. The molecular formula is C17H18F3N3O5S2. The zero-order chi connectivity index (χ0) is 22.6. The molecule has 0 aliphatic rings. The first-order valence-corrected chi connectivity index (χ1v) is 11.3. The Labute approximate surface area is 171 Å². The summed E-state index contributed by atoms with van der Waals surface area (Å²) in [5, 5.41) is 4.48. The minimum absolute atomic E-state index is 0.198. The van der Waals surface area contributed by atoms with E-state index in [4.69, 9.17) is 0 Å². The second-order valence-electron chi connectivity index (χ2n) is 5.88. The molecule has 0 aromatic heterocycles. The van der Waals surface area contributed by atoms with Gasteiger partial charge in [0.25, 0.3) is 0 Å². The quantitative estimate of drug-likeness (QED) is 0.538. The Morgan fingerprint density at radius 2 is 1.57 bits per heavy atom. The first-order chi connectivity index (χ1) is 13.9. The van der Waals surface area contributed by atoms with E-state index < -0.39 is 54.0 Å². The summed E-state index contributed by atoms with van der Waals surface area (Å²) < 4.78 is 92.4. The van der Waals surface area contributed by atoms with Crippen LogP contribution in [0.4, 0.5) is 18.0 Å². The molecule has 2 aromatic rings. The molecular weight excluding hydrogens is 447 g/mol. The van der Waals surface area contributed by atoms with Gasteiger partial charge in [0, 0.05) is 20.1 Å². The Bertz CT molecular complexity index is 1120. The highest BCUT2D eigenvalue weighted by Gasteiger charge is 2.38. The van der Waals surface area contributed by atoms with Crippen molar-refractivity contribution in [3.05, 3.63) is 54.1 Å². The van der Waals surface area contributed by atoms with Gasteiger partial charge in [-0.05, 0) is 30.3 Å². The van der Waals surface area contributed by atoms with Gasteiger partial charge in [-0.15, -0.1) is 0 Å². The summed E-state index contributed by atoms with van der Waals surface area (Å²) in [7, 11) is -7.67. The van der Waals surface area contributed by atoms with Gasteiger partial charge in [0.05, 0.1) is 20.2 Å². The van der Waals surface area contributed by atoms with Gasteiger partial charge in [-0.3, -0.25) is 0 Å². The van der Waals surface area contributed by atoms with Crippen LogP contribution < -0.4 is 15.4 Å². The van der Waals surface area contributed by atoms with E-state index in [1.54, 1.807) is 6.07 Å². The topological polar surface area (TPSA) is 121 Å². The molecule has 3 N–H and O–H groups in total. The number of sulfonamides is 1. The normalized spacial score (nSPS) is 12.4. The number of amides is 2. The fraction of sp³-hybridized carbons (Fsp3) is 0.235. The Hall–Kier alpha value is -2.64. The standard InChI is InChI=1S/C17H18F3N3O5S2/c1-21-16(24)22-9-10-23-30(27,28)15-11-13(7-8-14(15)17(18,19)20)29(25,26)12-5-3-2-4-6-12/h2-8,11,23H,9-10H2,1H3,(H2,21,22,24). The third-order valence-electron chi connectivity index (χ3n) is 3.84. The molecule has 0 aliphatic carbocycles. The monoisotopic (exact) mass is 465 g/mol. The minimum atomic E-state index is -5.04. The molecule has 30 heavy (non-hydrogen) atoms. The van der Waals surface area contributed by atoms with Gasteiger partial charge in [-0.2, -0.15) is 13.2 Å². The number of carbonyl (C=O) groups excluding carboxylic acids is 1. The number of hydrogen-bond donors (Lipinski definition) is 3. The number of hydrogen-bond acceptors (Lipinski definition) is 5. The van der Waals surface area contributed by atoms with Gasteiger partial charge < -0.3 is 10.6 Å². The number of carbonyl (C=O) groups is 1. The molecule has 0 heterocycles. The Balaban J connectivity index is 2.46. The lowest BCUT2D eigenvalue weighted by Crippen LogP contribution is -2.39. The largest absolute Gasteiger partial charge is 0.417 e.